The Bertz CT molecular complexity index is 745. The summed E-state index contributed by atoms with van der Waals surface area (Å²) in [6.07, 6.45) is 0. The fraction of sp³-hybridized carbons (Fsp3) is 0.278. The van der Waals surface area contributed by atoms with Crippen molar-refractivity contribution in [2.24, 2.45) is 0 Å². The third-order valence-corrected chi connectivity index (χ3v) is 4.34. The van der Waals surface area contributed by atoms with Crippen LogP contribution in [-0.4, -0.2) is 45.0 Å². The van der Waals surface area contributed by atoms with Crippen LogP contribution >= 0.6 is 11.6 Å². The number of benzene rings is 2. The van der Waals surface area contributed by atoms with Crippen LogP contribution in [0.5, 0.6) is 0 Å². The Kier molecular flexibility index (Phi) is 4.28. The summed E-state index contributed by atoms with van der Waals surface area (Å²) in [6.45, 7) is 1.42. The molecule has 0 atom stereocenters. The Hall–Kier alpha value is -2.04. The first-order valence-corrected chi connectivity index (χ1v) is 7.95. The summed E-state index contributed by atoms with van der Waals surface area (Å²) in [5.74, 6) is 0.0235. The van der Waals surface area contributed by atoms with E-state index in [0.717, 1.165) is 23.6 Å². The zero-order chi connectivity index (χ0) is 16.6. The number of anilines is 3. The molecular formula is C18H20ClN3O. The molecule has 2 aromatic rings. The minimum absolute atomic E-state index is 0.0235. The van der Waals surface area contributed by atoms with Gasteiger partial charge in [0.15, 0.2) is 0 Å². The molecule has 1 aliphatic rings. The van der Waals surface area contributed by atoms with Crippen molar-refractivity contribution in [1.82, 2.24) is 4.90 Å². The summed E-state index contributed by atoms with van der Waals surface area (Å²) in [5, 5.41) is 0.662. The highest BCUT2D eigenvalue weighted by Gasteiger charge is 2.29. The van der Waals surface area contributed by atoms with Crippen molar-refractivity contribution in [3.05, 3.63) is 53.1 Å². The number of nitrogens with zero attached hydrogens (tertiary/aromatic N) is 3. The molecule has 3 rings (SSSR count). The van der Waals surface area contributed by atoms with Gasteiger partial charge < -0.3 is 14.7 Å². The number of carbonyl (C=O) groups excluding carboxylic acids is 1. The Labute approximate surface area is 141 Å². The number of halogens is 1. The minimum atomic E-state index is 0.0235. The standard InChI is InChI=1S/C18H20ClN3O/c1-20(2)10-11-22-16-9-8-13(19)12-17(16)21(3)15-7-5-4-6-14(15)18(22)23/h4-9,12H,10-11H2,1-3H3. The molecule has 5 heteroatoms. The lowest BCUT2D eigenvalue weighted by atomic mass is 10.1. The molecule has 120 valence electrons. The fourth-order valence-corrected chi connectivity index (χ4v) is 3.01. The molecule has 0 bridgehead atoms. The van der Waals surface area contributed by atoms with Gasteiger partial charge in [-0.1, -0.05) is 23.7 Å². The molecule has 0 unspecified atom stereocenters. The molecule has 4 nitrogen and oxygen atoms in total. The zero-order valence-corrected chi connectivity index (χ0v) is 14.3. The van der Waals surface area contributed by atoms with Crippen LogP contribution in [0.4, 0.5) is 17.1 Å². The molecule has 2 aromatic carbocycles. The lowest BCUT2D eigenvalue weighted by molar-refractivity contribution is 0.0986. The maximum absolute atomic E-state index is 13.1. The topological polar surface area (TPSA) is 26.8 Å². The average molecular weight is 330 g/mol. The molecule has 1 heterocycles. The molecule has 1 aliphatic heterocycles. The van der Waals surface area contributed by atoms with Crippen LogP contribution in [0, 0.1) is 0 Å². The van der Waals surface area contributed by atoms with Crippen molar-refractivity contribution in [2.75, 3.05) is 44.0 Å². The Morgan fingerprint density at radius 2 is 1.78 bits per heavy atom. The number of hydrogen-bond acceptors (Lipinski definition) is 3. The van der Waals surface area contributed by atoms with Gasteiger partial charge in [-0.3, -0.25) is 4.79 Å². The van der Waals surface area contributed by atoms with E-state index < -0.39 is 0 Å². The number of rotatable bonds is 3. The summed E-state index contributed by atoms with van der Waals surface area (Å²) in [7, 11) is 5.98. The third-order valence-electron chi connectivity index (χ3n) is 4.10. The third kappa shape index (κ3) is 2.92. The summed E-state index contributed by atoms with van der Waals surface area (Å²) in [6, 6.07) is 13.4. The van der Waals surface area contributed by atoms with E-state index in [1.54, 1.807) is 0 Å². The Morgan fingerprint density at radius 3 is 2.52 bits per heavy atom. The van der Waals surface area contributed by atoms with Crippen LogP contribution in [0.3, 0.4) is 0 Å². The van der Waals surface area contributed by atoms with Crippen molar-refractivity contribution >= 4 is 34.6 Å². The summed E-state index contributed by atoms with van der Waals surface area (Å²) in [5.41, 5.74) is 3.43. The van der Waals surface area contributed by atoms with Gasteiger partial charge >= 0.3 is 0 Å². The minimum Gasteiger partial charge on any atom is -0.342 e. The first kappa shape index (κ1) is 15.8. The Balaban J connectivity index is 2.17. The molecule has 23 heavy (non-hydrogen) atoms. The monoisotopic (exact) mass is 329 g/mol. The van der Waals surface area contributed by atoms with E-state index in [-0.39, 0.29) is 5.91 Å². The van der Waals surface area contributed by atoms with Gasteiger partial charge in [0.1, 0.15) is 0 Å². The van der Waals surface area contributed by atoms with Crippen molar-refractivity contribution in [3.63, 3.8) is 0 Å². The zero-order valence-electron chi connectivity index (χ0n) is 13.6. The molecule has 0 aliphatic carbocycles. The Morgan fingerprint density at radius 1 is 1.04 bits per heavy atom. The molecule has 0 radical (unpaired) electrons. The summed E-state index contributed by atoms with van der Waals surface area (Å²) < 4.78 is 0. The van der Waals surface area contributed by atoms with Crippen LogP contribution in [0.2, 0.25) is 5.02 Å². The van der Waals surface area contributed by atoms with Gasteiger partial charge in [0.05, 0.1) is 22.6 Å². The highest BCUT2D eigenvalue weighted by Crippen LogP contribution is 2.40. The van der Waals surface area contributed by atoms with Crippen molar-refractivity contribution in [2.45, 2.75) is 0 Å². The number of para-hydroxylation sites is 1. The molecule has 0 saturated carbocycles. The molecule has 0 saturated heterocycles. The predicted molar refractivity (Wildman–Crippen MR) is 96.2 cm³/mol. The van der Waals surface area contributed by atoms with E-state index in [2.05, 4.69) is 4.90 Å². The van der Waals surface area contributed by atoms with Crippen LogP contribution in [0.25, 0.3) is 0 Å². The van der Waals surface area contributed by atoms with Gasteiger partial charge in [-0.2, -0.15) is 0 Å². The number of amides is 1. The highest BCUT2D eigenvalue weighted by atomic mass is 35.5. The first-order valence-electron chi connectivity index (χ1n) is 7.58. The molecule has 0 fully saturated rings. The van der Waals surface area contributed by atoms with Crippen LogP contribution in [0.1, 0.15) is 10.4 Å². The number of fused-ring (bicyclic) bond motifs is 2. The normalized spacial score (nSPS) is 13.9. The number of carbonyl (C=O) groups is 1. The van der Waals surface area contributed by atoms with E-state index in [1.807, 2.05) is 73.4 Å². The SMILES string of the molecule is CN(C)CCN1C(=O)c2ccccc2N(C)c2cc(Cl)ccc21. The fourth-order valence-electron chi connectivity index (χ4n) is 2.85. The van der Waals surface area contributed by atoms with E-state index in [9.17, 15) is 4.79 Å². The second-order valence-corrected chi connectivity index (χ2v) is 6.41. The largest absolute Gasteiger partial charge is 0.342 e. The van der Waals surface area contributed by atoms with Crippen LogP contribution < -0.4 is 9.80 Å². The molecule has 0 N–H and O–H groups in total. The number of hydrogen-bond donors (Lipinski definition) is 0. The van der Waals surface area contributed by atoms with E-state index >= 15 is 0 Å². The van der Waals surface area contributed by atoms with Gasteiger partial charge in [0.25, 0.3) is 5.91 Å². The van der Waals surface area contributed by atoms with Crippen LogP contribution in [0.15, 0.2) is 42.5 Å². The smallest absolute Gasteiger partial charge is 0.260 e. The summed E-state index contributed by atoms with van der Waals surface area (Å²) >= 11 is 6.20. The molecular weight excluding hydrogens is 310 g/mol. The second kappa shape index (κ2) is 6.22. The van der Waals surface area contributed by atoms with Crippen molar-refractivity contribution in [1.29, 1.82) is 0 Å². The van der Waals surface area contributed by atoms with Crippen molar-refractivity contribution in [3.8, 4) is 0 Å². The maximum Gasteiger partial charge on any atom is 0.260 e. The lowest BCUT2D eigenvalue weighted by Gasteiger charge is -2.26. The summed E-state index contributed by atoms with van der Waals surface area (Å²) in [4.78, 5) is 19.0. The van der Waals surface area contributed by atoms with Crippen LogP contribution in [-0.2, 0) is 0 Å². The van der Waals surface area contributed by atoms with Crippen molar-refractivity contribution < 1.29 is 4.79 Å². The number of likely N-dealkylation sites (N-methyl/N-ethyl adjacent to an activating group) is 1. The first-order chi connectivity index (χ1) is 11.0. The maximum atomic E-state index is 13.1. The second-order valence-electron chi connectivity index (χ2n) is 5.97. The average Bonchev–Trinajstić information content (AvgIpc) is 2.62. The van der Waals surface area contributed by atoms with Gasteiger partial charge in [-0.05, 0) is 44.4 Å². The molecule has 1 amide bonds. The van der Waals surface area contributed by atoms with Gasteiger partial charge in [-0.15, -0.1) is 0 Å². The van der Waals surface area contributed by atoms with E-state index in [4.69, 9.17) is 11.6 Å². The predicted octanol–water partition coefficient (Wildman–Crippen LogP) is 3.63. The lowest BCUT2D eigenvalue weighted by Crippen LogP contribution is -2.36. The molecule has 0 spiro atoms. The van der Waals surface area contributed by atoms with Gasteiger partial charge in [-0.25, -0.2) is 0 Å². The van der Waals surface area contributed by atoms with Gasteiger partial charge in [0, 0.05) is 25.2 Å². The van der Waals surface area contributed by atoms with E-state index in [0.29, 0.717) is 17.1 Å². The highest BCUT2D eigenvalue weighted by molar-refractivity contribution is 6.31. The van der Waals surface area contributed by atoms with Gasteiger partial charge in [0.2, 0.25) is 0 Å². The quantitative estimate of drug-likeness (QED) is 0.860. The van der Waals surface area contributed by atoms with E-state index in [1.165, 1.54) is 0 Å². The molecule has 0 aromatic heterocycles.